The zero-order valence-electron chi connectivity index (χ0n) is 16.8. The first-order valence-electron chi connectivity index (χ1n) is 9.43. The highest BCUT2D eigenvalue weighted by Gasteiger charge is 2.16. The number of aromatic nitrogens is 2. The number of halogens is 2. The number of fused-ring (bicyclic) bond motifs is 1. The van der Waals surface area contributed by atoms with Gasteiger partial charge in [-0.05, 0) is 47.3 Å². The van der Waals surface area contributed by atoms with Crippen LogP contribution in [0.4, 0.5) is 10.1 Å². The van der Waals surface area contributed by atoms with Gasteiger partial charge in [0, 0.05) is 0 Å². The van der Waals surface area contributed by atoms with E-state index in [1.165, 1.54) is 23.5 Å². The third-order valence-electron chi connectivity index (χ3n) is 4.54. The number of anilines is 1. The number of carbonyl (C=O) groups is 1. The average Bonchev–Trinajstić information content (AvgIpc) is 3.26. The van der Waals surface area contributed by atoms with Crippen molar-refractivity contribution in [3.63, 3.8) is 0 Å². The number of benzene rings is 2. The minimum absolute atomic E-state index is 0.0347. The second kappa shape index (κ2) is 9.72. The highest BCUT2D eigenvalue weighted by atomic mass is 35.5. The first-order chi connectivity index (χ1) is 15.4. The molecule has 4 rings (SSSR count). The van der Waals surface area contributed by atoms with Gasteiger partial charge in [0.05, 0.1) is 35.6 Å². The van der Waals surface area contributed by atoms with Gasteiger partial charge in [-0.25, -0.2) is 9.37 Å². The molecule has 10 heteroatoms. The van der Waals surface area contributed by atoms with Crippen molar-refractivity contribution in [3.05, 3.63) is 80.7 Å². The zero-order chi connectivity index (χ0) is 22.7. The Balaban J connectivity index is 1.59. The minimum atomic E-state index is -0.506. The number of amides is 1. The van der Waals surface area contributed by atoms with E-state index in [0.717, 1.165) is 23.4 Å². The standard InChI is InChI=1S/C22H17ClFN3O3S2/c1-30-15-4-2-3-13(9-15)11-27-21(29)20-17(7-8-31-20)26-22(27)32-12-19(28)25-18-10-14(24)5-6-16(18)23/h2-10H,11-12H2,1H3,(H,25,28). The Morgan fingerprint density at radius 1 is 1.28 bits per heavy atom. The van der Waals surface area contributed by atoms with Gasteiger partial charge in [0.15, 0.2) is 5.16 Å². The second-order valence-corrected chi connectivity index (χ2v) is 9.00. The van der Waals surface area contributed by atoms with Gasteiger partial charge >= 0.3 is 0 Å². The van der Waals surface area contributed by atoms with Gasteiger partial charge in [0.2, 0.25) is 5.91 Å². The number of hydrogen-bond acceptors (Lipinski definition) is 6. The van der Waals surface area contributed by atoms with Gasteiger partial charge in [0.1, 0.15) is 16.3 Å². The van der Waals surface area contributed by atoms with E-state index < -0.39 is 11.7 Å². The molecular formula is C22H17ClFN3O3S2. The molecule has 0 fully saturated rings. The molecule has 0 unspecified atom stereocenters. The van der Waals surface area contributed by atoms with Crippen molar-refractivity contribution in [2.24, 2.45) is 0 Å². The van der Waals surface area contributed by atoms with Crippen LogP contribution in [0.1, 0.15) is 5.56 Å². The lowest BCUT2D eigenvalue weighted by atomic mass is 10.2. The first-order valence-corrected chi connectivity index (χ1v) is 11.7. The van der Waals surface area contributed by atoms with Gasteiger partial charge in [-0.2, -0.15) is 0 Å². The molecule has 1 N–H and O–H groups in total. The lowest BCUT2D eigenvalue weighted by molar-refractivity contribution is -0.113. The van der Waals surface area contributed by atoms with E-state index >= 15 is 0 Å². The number of carbonyl (C=O) groups excluding carboxylic acids is 1. The topological polar surface area (TPSA) is 73.2 Å². The Kier molecular flexibility index (Phi) is 6.78. The van der Waals surface area contributed by atoms with Crippen molar-refractivity contribution < 1.29 is 13.9 Å². The molecule has 0 spiro atoms. The molecule has 2 aromatic heterocycles. The monoisotopic (exact) mass is 489 g/mol. The predicted molar refractivity (Wildman–Crippen MR) is 127 cm³/mol. The SMILES string of the molecule is COc1cccc(Cn2c(SCC(=O)Nc3cc(F)ccc3Cl)nc3ccsc3c2=O)c1. The summed E-state index contributed by atoms with van der Waals surface area (Å²) in [5.41, 5.74) is 1.45. The van der Waals surface area contributed by atoms with E-state index in [0.29, 0.717) is 21.1 Å². The summed E-state index contributed by atoms with van der Waals surface area (Å²) in [7, 11) is 1.58. The highest BCUT2D eigenvalue weighted by molar-refractivity contribution is 7.99. The van der Waals surface area contributed by atoms with Gasteiger partial charge in [-0.1, -0.05) is 35.5 Å². The van der Waals surface area contributed by atoms with Gasteiger partial charge in [-0.15, -0.1) is 11.3 Å². The maximum Gasteiger partial charge on any atom is 0.272 e. The summed E-state index contributed by atoms with van der Waals surface area (Å²) in [5, 5.41) is 5.04. The van der Waals surface area contributed by atoms with Gasteiger partial charge < -0.3 is 10.1 Å². The van der Waals surface area contributed by atoms with Crippen LogP contribution in [-0.4, -0.2) is 28.3 Å². The molecule has 0 atom stereocenters. The molecule has 32 heavy (non-hydrogen) atoms. The Morgan fingerprint density at radius 3 is 2.94 bits per heavy atom. The van der Waals surface area contributed by atoms with Crippen LogP contribution in [-0.2, 0) is 11.3 Å². The van der Waals surface area contributed by atoms with Crippen molar-refractivity contribution in [2.75, 3.05) is 18.2 Å². The quantitative estimate of drug-likeness (QED) is 0.291. The summed E-state index contributed by atoms with van der Waals surface area (Å²) < 4.78 is 20.8. The van der Waals surface area contributed by atoms with E-state index in [9.17, 15) is 14.0 Å². The number of nitrogens with one attached hydrogen (secondary N) is 1. The summed E-state index contributed by atoms with van der Waals surface area (Å²) in [5.74, 6) is -0.252. The van der Waals surface area contributed by atoms with Crippen molar-refractivity contribution in [1.29, 1.82) is 0 Å². The van der Waals surface area contributed by atoms with Crippen LogP contribution in [0.15, 0.2) is 63.9 Å². The molecule has 0 saturated carbocycles. The molecule has 0 aliphatic rings. The molecule has 0 radical (unpaired) electrons. The molecule has 0 aliphatic carbocycles. The molecule has 4 aromatic rings. The summed E-state index contributed by atoms with van der Waals surface area (Å²) >= 11 is 8.46. The van der Waals surface area contributed by atoms with Crippen molar-refractivity contribution in [2.45, 2.75) is 11.7 Å². The Bertz CT molecular complexity index is 1360. The third-order valence-corrected chi connectivity index (χ3v) is 6.74. The maximum absolute atomic E-state index is 13.5. The lowest BCUT2D eigenvalue weighted by Crippen LogP contribution is -2.24. The fraction of sp³-hybridized carbons (Fsp3) is 0.136. The Labute approximate surface area is 196 Å². The molecule has 1 amide bonds. The van der Waals surface area contributed by atoms with Crippen molar-refractivity contribution in [1.82, 2.24) is 9.55 Å². The van der Waals surface area contributed by atoms with E-state index in [-0.39, 0.29) is 28.6 Å². The molecule has 2 heterocycles. The lowest BCUT2D eigenvalue weighted by Gasteiger charge is -2.13. The number of thiophene rings is 1. The number of methoxy groups -OCH3 is 1. The molecule has 0 bridgehead atoms. The van der Waals surface area contributed by atoms with Gasteiger partial charge in [0.25, 0.3) is 5.56 Å². The predicted octanol–water partition coefficient (Wildman–Crippen LogP) is 5.04. The largest absolute Gasteiger partial charge is 0.497 e. The fourth-order valence-corrected chi connectivity index (χ4v) is 4.78. The van der Waals surface area contributed by atoms with E-state index in [2.05, 4.69) is 10.3 Å². The molecule has 0 aliphatic heterocycles. The first kappa shape index (κ1) is 22.3. The number of rotatable bonds is 7. The summed E-state index contributed by atoms with van der Waals surface area (Å²) in [6, 6.07) is 12.9. The summed E-state index contributed by atoms with van der Waals surface area (Å²) in [6.45, 7) is 0.274. The normalized spacial score (nSPS) is 11.0. The number of hydrogen-bond donors (Lipinski definition) is 1. The molecular weight excluding hydrogens is 473 g/mol. The van der Waals surface area contributed by atoms with E-state index in [1.807, 2.05) is 29.6 Å². The van der Waals surface area contributed by atoms with Crippen molar-refractivity contribution in [3.8, 4) is 5.75 Å². The van der Waals surface area contributed by atoms with Crippen LogP contribution in [0.5, 0.6) is 5.75 Å². The van der Waals surface area contributed by atoms with Crippen molar-refractivity contribution >= 4 is 56.5 Å². The number of ether oxygens (including phenoxy) is 1. The average molecular weight is 490 g/mol. The Morgan fingerprint density at radius 2 is 2.12 bits per heavy atom. The van der Waals surface area contributed by atoms with Crippen LogP contribution < -0.4 is 15.6 Å². The summed E-state index contributed by atoms with van der Waals surface area (Å²) in [6.07, 6.45) is 0. The van der Waals surface area contributed by atoms with E-state index in [1.54, 1.807) is 17.7 Å². The van der Waals surface area contributed by atoms with Gasteiger partial charge in [-0.3, -0.25) is 14.2 Å². The highest BCUT2D eigenvalue weighted by Crippen LogP contribution is 2.25. The number of nitrogens with zero attached hydrogens (tertiary/aromatic N) is 2. The summed E-state index contributed by atoms with van der Waals surface area (Å²) in [4.78, 5) is 30.2. The molecule has 2 aromatic carbocycles. The van der Waals surface area contributed by atoms with Crippen LogP contribution in [0.3, 0.4) is 0 Å². The number of thioether (sulfide) groups is 1. The Hall–Kier alpha value is -2.88. The maximum atomic E-state index is 13.5. The minimum Gasteiger partial charge on any atom is -0.497 e. The van der Waals surface area contributed by atoms with Crippen LogP contribution in [0.25, 0.3) is 10.2 Å². The smallest absolute Gasteiger partial charge is 0.272 e. The second-order valence-electron chi connectivity index (χ2n) is 6.73. The van der Waals surface area contributed by atoms with Crippen LogP contribution in [0.2, 0.25) is 5.02 Å². The molecule has 164 valence electrons. The zero-order valence-corrected chi connectivity index (χ0v) is 19.2. The van der Waals surface area contributed by atoms with Crippen LogP contribution >= 0.6 is 34.7 Å². The third kappa shape index (κ3) is 4.95. The molecule has 0 saturated heterocycles. The fourth-order valence-electron chi connectivity index (χ4n) is 3.04. The van der Waals surface area contributed by atoms with E-state index in [4.69, 9.17) is 16.3 Å². The molecule has 6 nitrogen and oxygen atoms in total. The van der Waals surface area contributed by atoms with Crippen LogP contribution in [0, 0.1) is 5.82 Å².